The number of nitrogens with zero attached hydrogens (tertiary/aromatic N) is 4. The van der Waals surface area contributed by atoms with Gasteiger partial charge in [-0.1, -0.05) is 23.7 Å². The molecule has 1 aromatic carbocycles. The Morgan fingerprint density at radius 2 is 2.04 bits per heavy atom. The molecule has 0 saturated carbocycles. The number of guanidine groups is 1. The molecular formula is C17H26ClIN6O. The summed E-state index contributed by atoms with van der Waals surface area (Å²) in [5.41, 5.74) is 1.18. The molecule has 2 rings (SSSR count). The predicted molar refractivity (Wildman–Crippen MR) is 115 cm³/mol. The first-order chi connectivity index (χ1) is 12.1. The van der Waals surface area contributed by atoms with Crippen LogP contribution in [0.5, 0.6) is 0 Å². The lowest BCUT2D eigenvalue weighted by Gasteiger charge is -2.12. The van der Waals surface area contributed by atoms with Crippen molar-refractivity contribution in [2.24, 2.45) is 12.0 Å². The number of halogens is 2. The zero-order chi connectivity index (χ0) is 18.1. The van der Waals surface area contributed by atoms with E-state index in [2.05, 4.69) is 31.9 Å². The lowest BCUT2D eigenvalue weighted by molar-refractivity contribution is 0.203. The Hall–Kier alpha value is -1.39. The molecule has 7 nitrogen and oxygen atoms in total. The number of aromatic nitrogens is 3. The Kier molecular flexibility index (Phi) is 10.5. The zero-order valence-corrected chi connectivity index (χ0v) is 18.4. The van der Waals surface area contributed by atoms with Crippen LogP contribution in [-0.2, 0) is 24.8 Å². The molecule has 0 spiro atoms. The first-order valence-electron chi connectivity index (χ1n) is 8.20. The van der Waals surface area contributed by atoms with Gasteiger partial charge in [-0.05, 0) is 31.0 Å². The summed E-state index contributed by atoms with van der Waals surface area (Å²) in [5, 5.41) is 15.5. The number of nitrogens with one attached hydrogen (secondary N) is 2. The smallest absolute Gasteiger partial charge is 0.191 e. The first kappa shape index (κ1) is 22.7. The van der Waals surface area contributed by atoms with E-state index in [1.807, 2.05) is 36.7 Å². The largest absolute Gasteiger partial charge is 0.383 e. The highest BCUT2D eigenvalue weighted by atomic mass is 127. The summed E-state index contributed by atoms with van der Waals surface area (Å²) in [6, 6.07) is 7.87. The van der Waals surface area contributed by atoms with Crippen molar-refractivity contribution in [1.29, 1.82) is 0 Å². The van der Waals surface area contributed by atoms with E-state index in [1.54, 1.807) is 7.11 Å². The fourth-order valence-electron chi connectivity index (χ4n) is 2.20. The summed E-state index contributed by atoms with van der Waals surface area (Å²) in [7, 11) is 3.61. The summed E-state index contributed by atoms with van der Waals surface area (Å²) in [4.78, 5) is 4.58. The van der Waals surface area contributed by atoms with Crippen molar-refractivity contribution in [2.45, 2.75) is 19.9 Å². The monoisotopic (exact) mass is 492 g/mol. The van der Waals surface area contributed by atoms with Gasteiger partial charge in [0.1, 0.15) is 12.4 Å². The summed E-state index contributed by atoms with van der Waals surface area (Å²) in [6.45, 7) is 4.41. The van der Waals surface area contributed by atoms with E-state index in [-0.39, 0.29) is 24.0 Å². The number of rotatable bonds is 8. The maximum atomic E-state index is 6.02. The van der Waals surface area contributed by atoms with Gasteiger partial charge in [0, 0.05) is 32.3 Å². The van der Waals surface area contributed by atoms with Crippen molar-refractivity contribution in [2.75, 3.05) is 26.8 Å². The van der Waals surface area contributed by atoms with Gasteiger partial charge in [-0.3, -0.25) is 0 Å². The van der Waals surface area contributed by atoms with Gasteiger partial charge in [0.15, 0.2) is 11.8 Å². The highest BCUT2D eigenvalue weighted by molar-refractivity contribution is 14.0. The fraction of sp³-hybridized carbons (Fsp3) is 0.471. The van der Waals surface area contributed by atoms with Crippen LogP contribution in [0, 0.1) is 6.92 Å². The van der Waals surface area contributed by atoms with Crippen LogP contribution in [0.4, 0.5) is 0 Å². The second-order valence-electron chi connectivity index (χ2n) is 5.61. The molecule has 0 unspecified atom stereocenters. The first-order valence-corrected chi connectivity index (χ1v) is 8.58. The minimum Gasteiger partial charge on any atom is -0.383 e. The van der Waals surface area contributed by atoms with Gasteiger partial charge in [-0.25, -0.2) is 4.99 Å². The van der Waals surface area contributed by atoms with Gasteiger partial charge in [-0.2, -0.15) is 0 Å². The topological polar surface area (TPSA) is 76.4 Å². The number of hydrogen-bond donors (Lipinski definition) is 2. The number of aliphatic imine (C=N–C) groups is 1. The van der Waals surface area contributed by atoms with Gasteiger partial charge >= 0.3 is 0 Å². The molecule has 1 aromatic heterocycles. The van der Waals surface area contributed by atoms with E-state index in [1.165, 1.54) is 5.56 Å². The van der Waals surface area contributed by atoms with E-state index in [9.17, 15) is 0 Å². The standard InChI is InChI=1S/C17H25ClN6O.HI/c1-13-22-23-16(24(13)2)12-21-17(20-9-10-25-3)19-8-7-14-5-4-6-15(18)11-14;/h4-6,11H,7-10,12H2,1-3H3,(H2,19,20,21);1H. The molecule has 0 bridgehead atoms. The van der Waals surface area contributed by atoms with Crippen molar-refractivity contribution in [3.05, 3.63) is 46.5 Å². The molecule has 0 aliphatic carbocycles. The molecule has 1 heterocycles. The van der Waals surface area contributed by atoms with Crippen molar-refractivity contribution in [3.63, 3.8) is 0 Å². The number of benzene rings is 1. The highest BCUT2D eigenvalue weighted by Gasteiger charge is 2.05. The van der Waals surface area contributed by atoms with Crippen molar-refractivity contribution in [1.82, 2.24) is 25.4 Å². The molecule has 0 saturated heterocycles. The van der Waals surface area contributed by atoms with E-state index in [0.29, 0.717) is 19.7 Å². The van der Waals surface area contributed by atoms with Crippen LogP contribution in [0.15, 0.2) is 29.3 Å². The molecule has 9 heteroatoms. The Morgan fingerprint density at radius 3 is 2.69 bits per heavy atom. The van der Waals surface area contributed by atoms with Crippen LogP contribution in [-0.4, -0.2) is 47.5 Å². The average Bonchev–Trinajstić information content (AvgIpc) is 2.91. The van der Waals surface area contributed by atoms with E-state index >= 15 is 0 Å². The predicted octanol–water partition coefficient (Wildman–Crippen LogP) is 2.32. The molecule has 0 aliphatic rings. The van der Waals surface area contributed by atoms with E-state index in [0.717, 1.165) is 35.6 Å². The fourth-order valence-corrected chi connectivity index (χ4v) is 2.41. The molecule has 0 fully saturated rings. The third kappa shape index (κ3) is 7.46. The van der Waals surface area contributed by atoms with Crippen molar-refractivity contribution >= 4 is 41.5 Å². The Morgan fingerprint density at radius 1 is 1.27 bits per heavy atom. The molecule has 0 atom stereocenters. The van der Waals surface area contributed by atoms with Gasteiger partial charge in [0.2, 0.25) is 0 Å². The van der Waals surface area contributed by atoms with Gasteiger partial charge in [0.05, 0.1) is 6.61 Å². The lowest BCUT2D eigenvalue weighted by Crippen LogP contribution is -2.40. The van der Waals surface area contributed by atoms with Crippen LogP contribution in [0.2, 0.25) is 5.02 Å². The second-order valence-corrected chi connectivity index (χ2v) is 6.05. The normalized spacial score (nSPS) is 11.2. The Balaban J connectivity index is 0.00000338. The maximum Gasteiger partial charge on any atom is 0.191 e. The zero-order valence-electron chi connectivity index (χ0n) is 15.3. The quantitative estimate of drug-likeness (QED) is 0.256. The van der Waals surface area contributed by atoms with Gasteiger partial charge in [-0.15, -0.1) is 34.2 Å². The lowest BCUT2D eigenvalue weighted by atomic mass is 10.1. The third-order valence-corrected chi connectivity index (χ3v) is 3.99. The number of methoxy groups -OCH3 is 1. The van der Waals surface area contributed by atoms with Crippen LogP contribution in [0.3, 0.4) is 0 Å². The van der Waals surface area contributed by atoms with Crippen LogP contribution < -0.4 is 10.6 Å². The van der Waals surface area contributed by atoms with Gasteiger partial charge < -0.3 is 19.9 Å². The van der Waals surface area contributed by atoms with Crippen molar-refractivity contribution in [3.8, 4) is 0 Å². The minimum absolute atomic E-state index is 0. The Bertz CT molecular complexity index is 706. The van der Waals surface area contributed by atoms with Crippen LogP contribution >= 0.6 is 35.6 Å². The Labute approximate surface area is 176 Å². The molecule has 0 amide bonds. The number of aryl methyl sites for hydroxylation is 1. The van der Waals surface area contributed by atoms with E-state index in [4.69, 9.17) is 16.3 Å². The molecule has 0 radical (unpaired) electrons. The third-order valence-electron chi connectivity index (χ3n) is 3.76. The van der Waals surface area contributed by atoms with E-state index < -0.39 is 0 Å². The maximum absolute atomic E-state index is 6.02. The highest BCUT2D eigenvalue weighted by Crippen LogP contribution is 2.10. The molecule has 0 aliphatic heterocycles. The second kappa shape index (κ2) is 12.1. The summed E-state index contributed by atoms with van der Waals surface area (Å²) >= 11 is 6.02. The summed E-state index contributed by atoms with van der Waals surface area (Å²) in [6.07, 6.45) is 0.856. The molecule has 144 valence electrons. The number of ether oxygens (including phenoxy) is 1. The summed E-state index contributed by atoms with van der Waals surface area (Å²) in [5.74, 6) is 2.41. The SMILES string of the molecule is COCCNC(=NCc1nnc(C)n1C)NCCc1cccc(Cl)c1.I. The van der Waals surface area contributed by atoms with Crippen molar-refractivity contribution < 1.29 is 4.74 Å². The average molecular weight is 493 g/mol. The molecule has 26 heavy (non-hydrogen) atoms. The minimum atomic E-state index is 0. The van der Waals surface area contributed by atoms with Gasteiger partial charge in [0.25, 0.3) is 0 Å². The molecule has 2 N–H and O–H groups in total. The molecular weight excluding hydrogens is 467 g/mol. The van der Waals surface area contributed by atoms with Crippen LogP contribution in [0.25, 0.3) is 0 Å². The van der Waals surface area contributed by atoms with Crippen LogP contribution in [0.1, 0.15) is 17.2 Å². The molecule has 2 aromatic rings. The number of hydrogen-bond acceptors (Lipinski definition) is 4. The summed E-state index contributed by atoms with van der Waals surface area (Å²) < 4.78 is 7.01.